The van der Waals surface area contributed by atoms with E-state index < -0.39 is 6.17 Å². The van der Waals surface area contributed by atoms with Gasteiger partial charge < -0.3 is 24.3 Å². The van der Waals surface area contributed by atoms with Crippen molar-refractivity contribution in [1.29, 1.82) is 0 Å². The van der Waals surface area contributed by atoms with Gasteiger partial charge in [0.2, 0.25) is 6.79 Å². The minimum atomic E-state index is -0.482. The number of carbonyl (C=O) groups excluding carboxylic acids is 1. The van der Waals surface area contributed by atoms with Gasteiger partial charge in [-0.1, -0.05) is 48.5 Å². The Balaban J connectivity index is 1.37. The molecule has 180 valence electrons. The highest BCUT2D eigenvalue weighted by atomic mass is 16.7. The molecule has 0 saturated heterocycles. The van der Waals surface area contributed by atoms with Crippen molar-refractivity contribution < 1.29 is 23.7 Å². The van der Waals surface area contributed by atoms with Gasteiger partial charge in [-0.25, -0.2) is 0 Å². The zero-order chi connectivity index (χ0) is 24.5. The van der Waals surface area contributed by atoms with E-state index in [-0.39, 0.29) is 12.7 Å². The molecule has 1 N–H and O–H groups in total. The number of nitrogens with zero attached hydrogens (tertiary/aromatic N) is 1. The Morgan fingerprint density at radius 1 is 0.889 bits per heavy atom. The largest absolute Gasteiger partial charge is 0.493 e. The van der Waals surface area contributed by atoms with E-state index in [1.54, 1.807) is 12.0 Å². The van der Waals surface area contributed by atoms with Crippen molar-refractivity contribution in [1.82, 2.24) is 0 Å². The SMILES string of the molecule is COc1cc([C@@H]2Nc3ccccc3C(=O)N2c2ccc3c(c2)OCO3)ccc1OCc1ccccc1. The van der Waals surface area contributed by atoms with Crippen LogP contribution in [0.5, 0.6) is 23.0 Å². The minimum absolute atomic E-state index is 0.114. The summed E-state index contributed by atoms with van der Waals surface area (Å²) in [4.78, 5) is 15.5. The van der Waals surface area contributed by atoms with E-state index in [0.717, 1.165) is 16.8 Å². The average Bonchev–Trinajstić information content (AvgIpc) is 3.40. The molecule has 7 heteroatoms. The zero-order valence-corrected chi connectivity index (χ0v) is 19.6. The van der Waals surface area contributed by atoms with Gasteiger partial charge >= 0.3 is 0 Å². The standard InChI is InChI=1S/C29H24N2O5/c1-33-26-15-20(11-13-24(26)34-17-19-7-3-2-4-8-19)28-30-23-10-6-5-9-22(23)29(32)31(28)21-12-14-25-27(16-21)36-18-35-25/h2-16,28,30H,17-18H2,1H3/t28-/m1/s1. The summed E-state index contributed by atoms with van der Waals surface area (Å²) in [6.07, 6.45) is -0.482. The molecule has 0 fully saturated rings. The van der Waals surface area contributed by atoms with Crippen molar-refractivity contribution in [3.63, 3.8) is 0 Å². The van der Waals surface area contributed by atoms with Crippen molar-refractivity contribution in [2.45, 2.75) is 12.8 Å². The number of rotatable bonds is 6. The highest BCUT2D eigenvalue weighted by Gasteiger charge is 2.35. The summed E-state index contributed by atoms with van der Waals surface area (Å²) in [6, 6.07) is 28.7. The molecule has 0 unspecified atom stereocenters. The second kappa shape index (κ2) is 9.19. The van der Waals surface area contributed by atoms with Gasteiger partial charge in [-0.05, 0) is 47.5 Å². The Kier molecular flexibility index (Phi) is 5.58. The van der Waals surface area contributed by atoms with Gasteiger partial charge in [0.1, 0.15) is 12.8 Å². The number of methoxy groups -OCH3 is 1. The molecule has 0 saturated carbocycles. The molecule has 36 heavy (non-hydrogen) atoms. The number of hydrogen-bond donors (Lipinski definition) is 1. The Morgan fingerprint density at radius 2 is 1.69 bits per heavy atom. The smallest absolute Gasteiger partial charge is 0.262 e. The molecule has 2 heterocycles. The summed E-state index contributed by atoms with van der Waals surface area (Å²) in [5.41, 5.74) is 3.97. The molecule has 4 aromatic carbocycles. The van der Waals surface area contributed by atoms with Crippen LogP contribution in [0.2, 0.25) is 0 Å². The van der Waals surface area contributed by atoms with Crippen LogP contribution in [0.15, 0.2) is 91.0 Å². The molecule has 0 radical (unpaired) electrons. The Morgan fingerprint density at radius 3 is 2.56 bits per heavy atom. The van der Waals surface area contributed by atoms with Crippen LogP contribution in [0.1, 0.15) is 27.7 Å². The van der Waals surface area contributed by atoms with Crippen molar-refractivity contribution in [3.8, 4) is 23.0 Å². The predicted octanol–water partition coefficient (Wildman–Crippen LogP) is 5.77. The number of amides is 1. The fourth-order valence-electron chi connectivity index (χ4n) is 4.50. The van der Waals surface area contributed by atoms with E-state index in [1.165, 1.54) is 0 Å². The van der Waals surface area contributed by atoms with Crippen molar-refractivity contribution in [2.24, 2.45) is 0 Å². The summed E-state index contributed by atoms with van der Waals surface area (Å²) in [5, 5.41) is 3.53. The lowest BCUT2D eigenvalue weighted by Crippen LogP contribution is -2.43. The Labute approximate surface area is 208 Å². The van der Waals surface area contributed by atoms with Gasteiger partial charge in [-0.3, -0.25) is 9.69 Å². The molecule has 2 aliphatic heterocycles. The van der Waals surface area contributed by atoms with E-state index in [0.29, 0.717) is 40.9 Å². The summed E-state index contributed by atoms with van der Waals surface area (Å²) < 4.78 is 22.7. The lowest BCUT2D eigenvalue weighted by molar-refractivity contribution is 0.0975. The first-order chi connectivity index (χ1) is 17.7. The molecule has 0 aromatic heterocycles. The molecule has 1 atom stereocenters. The summed E-state index contributed by atoms with van der Waals surface area (Å²) in [6.45, 7) is 0.590. The van der Waals surface area contributed by atoms with Gasteiger partial charge in [0.15, 0.2) is 23.0 Å². The number of nitrogens with one attached hydrogen (secondary N) is 1. The molecule has 0 bridgehead atoms. The fourth-order valence-corrected chi connectivity index (χ4v) is 4.50. The van der Waals surface area contributed by atoms with E-state index in [2.05, 4.69) is 5.32 Å². The number of ether oxygens (including phenoxy) is 4. The van der Waals surface area contributed by atoms with Gasteiger partial charge in [0, 0.05) is 11.8 Å². The molecule has 0 spiro atoms. The van der Waals surface area contributed by atoms with Crippen molar-refractivity contribution in [2.75, 3.05) is 24.1 Å². The normalized spacial score (nSPS) is 15.8. The minimum Gasteiger partial charge on any atom is -0.493 e. The number of para-hydroxylation sites is 1. The number of benzene rings is 4. The van der Waals surface area contributed by atoms with E-state index >= 15 is 0 Å². The lowest BCUT2D eigenvalue weighted by atomic mass is 10.0. The van der Waals surface area contributed by atoms with Crippen LogP contribution in [0, 0.1) is 0 Å². The maximum atomic E-state index is 13.7. The Hall–Kier alpha value is -4.65. The molecule has 0 aliphatic carbocycles. The highest BCUT2D eigenvalue weighted by molar-refractivity contribution is 6.12. The molecule has 6 rings (SSSR count). The van der Waals surface area contributed by atoms with Crippen LogP contribution in [0.4, 0.5) is 11.4 Å². The van der Waals surface area contributed by atoms with Gasteiger partial charge in [-0.2, -0.15) is 0 Å². The Bertz CT molecular complexity index is 1420. The zero-order valence-electron chi connectivity index (χ0n) is 19.6. The quantitative estimate of drug-likeness (QED) is 0.378. The lowest BCUT2D eigenvalue weighted by Gasteiger charge is -2.38. The molecular formula is C29H24N2O5. The number of hydrogen-bond acceptors (Lipinski definition) is 6. The van der Waals surface area contributed by atoms with E-state index in [9.17, 15) is 4.79 Å². The summed E-state index contributed by atoms with van der Waals surface area (Å²) >= 11 is 0. The number of carbonyl (C=O) groups is 1. The maximum absolute atomic E-state index is 13.7. The fraction of sp³-hybridized carbons (Fsp3) is 0.138. The van der Waals surface area contributed by atoms with Crippen LogP contribution in [-0.2, 0) is 6.61 Å². The van der Waals surface area contributed by atoms with Gasteiger partial charge in [0.05, 0.1) is 18.4 Å². The van der Waals surface area contributed by atoms with Crippen LogP contribution in [0.3, 0.4) is 0 Å². The monoisotopic (exact) mass is 480 g/mol. The molecule has 7 nitrogen and oxygen atoms in total. The van der Waals surface area contributed by atoms with Gasteiger partial charge in [-0.15, -0.1) is 0 Å². The van der Waals surface area contributed by atoms with Crippen LogP contribution < -0.4 is 29.2 Å². The molecule has 2 aliphatic rings. The first-order valence-electron chi connectivity index (χ1n) is 11.6. The van der Waals surface area contributed by atoms with Crippen molar-refractivity contribution >= 4 is 17.3 Å². The van der Waals surface area contributed by atoms with E-state index in [4.69, 9.17) is 18.9 Å². The maximum Gasteiger partial charge on any atom is 0.262 e. The molecule has 4 aromatic rings. The first-order valence-corrected chi connectivity index (χ1v) is 11.6. The predicted molar refractivity (Wildman–Crippen MR) is 136 cm³/mol. The third-order valence-electron chi connectivity index (χ3n) is 6.30. The third-order valence-corrected chi connectivity index (χ3v) is 6.30. The second-order valence-corrected chi connectivity index (χ2v) is 8.49. The average molecular weight is 481 g/mol. The van der Waals surface area contributed by atoms with Gasteiger partial charge in [0.25, 0.3) is 5.91 Å². The third kappa shape index (κ3) is 3.94. The molecular weight excluding hydrogens is 456 g/mol. The summed E-state index contributed by atoms with van der Waals surface area (Å²) in [5.74, 6) is 2.37. The van der Waals surface area contributed by atoms with E-state index in [1.807, 2.05) is 91.0 Å². The van der Waals surface area contributed by atoms with Crippen molar-refractivity contribution in [3.05, 3.63) is 108 Å². The van der Waals surface area contributed by atoms with Crippen LogP contribution in [0.25, 0.3) is 0 Å². The topological polar surface area (TPSA) is 69.3 Å². The van der Waals surface area contributed by atoms with Crippen LogP contribution in [-0.4, -0.2) is 19.8 Å². The first kappa shape index (κ1) is 21.9. The summed E-state index contributed by atoms with van der Waals surface area (Å²) in [7, 11) is 1.61. The number of anilines is 2. The highest BCUT2D eigenvalue weighted by Crippen LogP contribution is 2.42. The second-order valence-electron chi connectivity index (χ2n) is 8.49. The van der Waals surface area contributed by atoms with Crippen LogP contribution >= 0.6 is 0 Å². The number of fused-ring (bicyclic) bond motifs is 2. The molecule has 1 amide bonds.